The first-order valence-electron chi connectivity index (χ1n) is 15.1. The van der Waals surface area contributed by atoms with Crippen molar-refractivity contribution in [3.63, 3.8) is 0 Å². The molecule has 6 atom stereocenters. The zero-order valence-corrected chi connectivity index (χ0v) is 25.9. The molecule has 7 nitrogen and oxygen atoms in total. The number of carbonyl (C=O) groups is 3. The van der Waals surface area contributed by atoms with Crippen LogP contribution in [-0.2, 0) is 14.4 Å². The highest BCUT2D eigenvalue weighted by Crippen LogP contribution is 2.72. The number of aliphatic hydroxyl groups is 1. The lowest BCUT2D eigenvalue weighted by atomic mass is 9.66. The molecular weight excluding hydrogens is 534 g/mol. The average Bonchev–Trinajstić information content (AvgIpc) is 3.53. The van der Waals surface area contributed by atoms with E-state index in [4.69, 9.17) is 0 Å². The van der Waals surface area contributed by atoms with Crippen LogP contribution in [0.3, 0.4) is 0 Å². The number of carbonyl (C=O) groups excluding carboxylic acids is 3. The van der Waals surface area contributed by atoms with Crippen molar-refractivity contribution in [2.75, 3.05) is 31.1 Å². The van der Waals surface area contributed by atoms with Crippen molar-refractivity contribution < 1.29 is 19.5 Å². The van der Waals surface area contributed by atoms with Crippen LogP contribution in [0, 0.1) is 17.8 Å². The smallest absolute Gasteiger partial charge is 0.247 e. The molecule has 2 bridgehead atoms. The van der Waals surface area contributed by atoms with E-state index in [1.807, 2.05) is 35.2 Å². The second-order valence-electron chi connectivity index (χ2n) is 12.4. The predicted octanol–water partition coefficient (Wildman–Crippen LogP) is 4.91. The van der Waals surface area contributed by atoms with Crippen molar-refractivity contribution in [3.8, 4) is 0 Å². The van der Waals surface area contributed by atoms with E-state index in [1.165, 1.54) is 0 Å². The van der Waals surface area contributed by atoms with Crippen molar-refractivity contribution in [2.24, 2.45) is 17.8 Å². The molecule has 3 heterocycles. The summed E-state index contributed by atoms with van der Waals surface area (Å²) in [7, 11) is 0. The minimum absolute atomic E-state index is 0.0905. The largest absolute Gasteiger partial charge is 0.394 e. The van der Waals surface area contributed by atoms with Gasteiger partial charge in [-0.2, -0.15) is 0 Å². The maximum Gasteiger partial charge on any atom is 0.247 e. The van der Waals surface area contributed by atoms with Gasteiger partial charge >= 0.3 is 0 Å². The van der Waals surface area contributed by atoms with Crippen LogP contribution in [0.25, 0.3) is 0 Å². The average molecular weight is 582 g/mol. The van der Waals surface area contributed by atoms with Gasteiger partial charge in [0.1, 0.15) is 6.04 Å². The Balaban J connectivity index is 1.83. The van der Waals surface area contributed by atoms with Gasteiger partial charge in [-0.1, -0.05) is 57.5 Å². The first-order chi connectivity index (χ1) is 19.6. The van der Waals surface area contributed by atoms with Gasteiger partial charge in [-0.3, -0.25) is 14.4 Å². The highest BCUT2D eigenvalue weighted by Gasteiger charge is 2.78. The Morgan fingerprint density at radius 1 is 1.15 bits per heavy atom. The van der Waals surface area contributed by atoms with Gasteiger partial charge in [0.25, 0.3) is 0 Å². The van der Waals surface area contributed by atoms with E-state index < -0.39 is 33.4 Å². The number of aliphatic hydroxyl groups excluding tert-OH is 1. The second kappa shape index (κ2) is 12.7. The minimum Gasteiger partial charge on any atom is -0.394 e. The molecule has 8 heteroatoms. The van der Waals surface area contributed by atoms with Crippen molar-refractivity contribution in [1.82, 2.24) is 9.80 Å². The maximum absolute atomic E-state index is 14.7. The Hall–Kier alpha value is -2.58. The van der Waals surface area contributed by atoms with Crippen LogP contribution in [0.4, 0.5) is 5.69 Å². The molecule has 1 aromatic carbocycles. The van der Waals surface area contributed by atoms with Crippen LogP contribution in [0.1, 0.15) is 59.8 Å². The summed E-state index contributed by atoms with van der Waals surface area (Å²) in [5.74, 6) is -1.36. The standard InChI is InChI=1S/C33H47N3O4S/c1-7-10-20-34(18-8-2)31(40)28-33-17-16-32(6,41-33)26(27(33)30(39)36(28)25(22-37)21-23(4)5)29(38)35(19-9-3)24-14-12-11-13-15-24/h8-9,11-15,23,25-28,37H,2-3,7,10,16-22H2,1,4-6H3/t25-,26-,27+,28?,32+,33?/m1/s1. The molecule has 0 aromatic heterocycles. The van der Waals surface area contributed by atoms with Gasteiger partial charge in [-0.05, 0) is 50.7 Å². The number of thioether (sulfide) groups is 1. The van der Waals surface area contributed by atoms with E-state index in [2.05, 4.69) is 40.9 Å². The normalized spacial score (nSPS) is 29.0. The number of fused-ring (bicyclic) bond motifs is 1. The summed E-state index contributed by atoms with van der Waals surface area (Å²) in [6, 6.07) is 8.29. The highest BCUT2D eigenvalue weighted by atomic mass is 32.2. The lowest BCUT2D eigenvalue weighted by Crippen LogP contribution is -2.57. The third-order valence-electron chi connectivity index (χ3n) is 9.15. The van der Waals surface area contributed by atoms with Gasteiger partial charge in [-0.25, -0.2) is 0 Å². The summed E-state index contributed by atoms with van der Waals surface area (Å²) in [6.45, 7) is 17.2. The third-order valence-corrected chi connectivity index (χ3v) is 11.1. The number of benzene rings is 1. The lowest BCUT2D eigenvalue weighted by Gasteiger charge is -2.40. The number of hydrogen-bond donors (Lipinski definition) is 1. The Bertz CT molecular complexity index is 1140. The van der Waals surface area contributed by atoms with Crippen LogP contribution in [-0.4, -0.2) is 80.4 Å². The Labute approximate surface area is 250 Å². The molecular formula is C33H47N3O4S. The van der Waals surface area contributed by atoms with Crippen LogP contribution in [0.2, 0.25) is 0 Å². The number of likely N-dealkylation sites (tertiary alicyclic amines) is 1. The monoisotopic (exact) mass is 581 g/mol. The van der Waals surface area contributed by atoms with Crippen LogP contribution in [0.5, 0.6) is 0 Å². The summed E-state index contributed by atoms with van der Waals surface area (Å²) in [5, 5.41) is 10.6. The van der Waals surface area contributed by atoms with Gasteiger partial charge in [0.15, 0.2) is 0 Å². The molecule has 3 fully saturated rings. The molecule has 0 aliphatic carbocycles. The predicted molar refractivity (Wildman–Crippen MR) is 167 cm³/mol. The molecule has 1 N–H and O–H groups in total. The number of nitrogens with zero attached hydrogens (tertiary/aromatic N) is 3. The van der Waals surface area contributed by atoms with Crippen molar-refractivity contribution >= 4 is 35.2 Å². The van der Waals surface area contributed by atoms with Crippen molar-refractivity contribution in [3.05, 3.63) is 55.6 Å². The van der Waals surface area contributed by atoms with Gasteiger partial charge in [-0.15, -0.1) is 24.9 Å². The minimum atomic E-state index is -0.734. The molecule has 41 heavy (non-hydrogen) atoms. The molecule has 3 saturated heterocycles. The quantitative estimate of drug-likeness (QED) is 0.316. The summed E-state index contributed by atoms with van der Waals surface area (Å²) >= 11 is 1.68. The summed E-state index contributed by atoms with van der Waals surface area (Å²) in [4.78, 5) is 49.0. The Kier molecular flexibility index (Phi) is 9.74. The maximum atomic E-state index is 14.7. The van der Waals surface area contributed by atoms with E-state index in [0.29, 0.717) is 32.5 Å². The Morgan fingerprint density at radius 2 is 1.83 bits per heavy atom. The zero-order chi connectivity index (χ0) is 29.9. The fraction of sp³-hybridized carbons (Fsp3) is 0.606. The molecule has 0 radical (unpaired) electrons. The van der Waals surface area contributed by atoms with E-state index in [1.54, 1.807) is 33.7 Å². The molecule has 2 unspecified atom stereocenters. The molecule has 0 saturated carbocycles. The lowest BCUT2D eigenvalue weighted by molar-refractivity contribution is -0.146. The molecule has 224 valence electrons. The van der Waals surface area contributed by atoms with E-state index in [9.17, 15) is 19.5 Å². The second-order valence-corrected chi connectivity index (χ2v) is 14.3. The first-order valence-corrected chi connectivity index (χ1v) is 15.9. The number of para-hydroxylation sites is 1. The summed E-state index contributed by atoms with van der Waals surface area (Å²) in [6.07, 6.45) is 7.26. The Morgan fingerprint density at radius 3 is 2.41 bits per heavy atom. The van der Waals surface area contributed by atoms with E-state index in [-0.39, 0.29) is 30.2 Å². The molecule has 3 aliphatic rings. The molecule has 3 amide bonds. The van der Waals surface area contributed by atoms with Gasteiger partial charge in [0.2, 0.25) is 17.7 Å². The highest BCUT2D eigenvalue weighted by molar-refractivity contribution is 8.02. The number of amides is 3. The van der Waals surface area contributed by atoms with Gasteiger partial charge < -0.3 is 19.8 Å². The molecule has 3 aliphatic heterocycles. The van der Waals surface area contributed by atoms with E-state index >= 15 is 0 Å². The van der Waals surface area contributed by atoms with Crippen molar-refractivity contribution in [2.45, 2.75) is 81.4 Å². The summed E-state index contributed by atoms with van der Waals surface area (Å²) < 4.78 is -1.20. The van der Waals surface area contributed by atoms with Crippen molar-refractivity contribution in [1.29, 1.82) is 0 Å². The van der Waals surface area contributed by atoms with Crippen LogP contribution in [0.15, 0.2) is 55.6 Å². The molecule has 4 rings (SSSR count). The SMILES string of the molecule is C=CCN(CCCC)C(=O)C1N([C@@H](CO)CC(C)C)C(=O)[C@@H]2[C@H](C(=O)N(CC=C)c3ccccc3)[C@]3(C)CCC12S3. The van der Waals surface area contributed by atoms with Crippen LogP contribution < -0.4 is 4.90 Å². The first kappa shape index (κ1) is 31.4. The summed E-state index contributed by atoms with van der Waals surface area (Å²) in [5.41, 5.74) is 0.766. The van der Waals surface area contributed by atoms with E-state index in [0.717, 1.165) is 24.9 Å². The fourth-order valence-electron chi connectivity index (χ4n) is 7.43. The molecule has 1 spiro atoms. The number of rotatable bonds is 14. The number of hydrogen-bond acceptors (Lipinski definition) is 5. The fourth-order valence-corrected chi connectivity index (χ4v) is 9.76. The van der Waals surface area contributed by atoms with Gasteiger partial charge in [0, 0.05) is 30.1 Å². The third kappa shape index (κ3) is 5.50. The van der Waals surface area contributed by atoms with Gasteiger partial charge in [0.05, 0.1) is 29.2 Å². The van der Waals surface area contributed by atoms with Crippen LogP contribution >= 0.6 is 11.8 Å². The topological polar surface area (TPSA) is 81.2 Å². The number of unbranched alkanes of at least 4 members (excludes halogenated alkanes) is 1. The number of anilines is 1. The molecule has 1 aromatic rings. The zero-order valence-electron chi connectivity index (χ0n) is 25.1.